The number of hydrogen-bond donors (Lipinski definition) is 2. The summed E-state index contributed by atoms with van der Waals surface area (Å²) >= 11 is 0. The normalized spacial score (nSPS) is 41.3. The van der Waals surface area contributed by atoms with Crippen LogP contribution in [-0.2, 0) is 4.79 Å². The molecule has 3 rings (SSSR count). The van der Waals surface area contributed by atoms with Crippen LogP contribution in [0.4, 0.5) is 0 Å². The first-order valence-electron chi connectivity index (χ1n) is 6.81. The minimum absolute atomic E-state index is 0.0219. The molecule has 0 unspecified atom stereocenters. The number of carbonyl (C=O) groups excluding carboxylic acids is 1. The Balaban J connectivity index is 1.58. The van der Waals surface area contributed by atoms with Crippen LogP contribution in [-0.4, -0.2) is 18.5 Å². The average molecular weight is 234 g/mol. The number of amides is 1. The minimum Gasteiger partial charge on any atom is -0.355 e. The zero-order valence-electron chi connectivity index (χ0n) is 10.5. The minimum atomic E-state index is 0.0219. The van der Waals surface area contributed by atoms with E-state index in [1.54, 1.807) is 0 Å². The van der Waals surface area contributed by atoms with Crippen molar-refractivity contribution in [3.8, 4) is 0 Å². The first-order valence-corrected chi connectivity index (χ1v) is 6.81. The second-order valence-corrected chi connectivity index (χ2v) is 6.43. The van der Waals surface area contributed by atoms with Gasteiger partial charge in [0.15, 0.2) is 0 Å². The Bertz CT molecular complexity index is 359. The molecule has 3 heteroatoms. The zero-order chi connectivity index (χ0) is 12.0. The van der Waals surface area contributed by atoms with E-state index in [-0.39, 0.29) is 17.9 Å². The third kappa shape index (κ3) is 1.81. The van der Waals surface area contributed by atoms with Gasteiger partial charge in [-0.15, -0.1) is 0 Å². The maximum Gasteiger partial charge on any atom is 0.225 e. The van der Waals surface area contributed by atoms with Crippen molar-refractivity contribution in [2.75, 3.05) is 6.54 Å². The number of hydrogen-bond acceptors (Lipinski definition) is 2. The molecule has 0 aromatic heterocycles. The first-order chi connectivity index (χ1) is 8.09. The van der Waals surface area contributed by atoms with Gasteiger partial charge in [0.1, 0.15) is 0 Å². The SMILES string of the molecule is CC1(CNC(=O)[C@@H]2[C@H](N)[C@H]3C=C[C@@H]2C3)CCC1. The molecule has 17 heavy (non-hydrogen) atoms. The molecule has 0 saturated heterocycles. The van der Waals surface area contributed by atoms with Crippen LogP contribution < -0.4 is 11.1 Å². The molecule has 3 aliphatic rings. The summed E-state index contributed by atoms with van der Waals surface area (Å²) in [6, 6.07) is 0.0409. The van der Waals surface area contributed by atoms with E-state index in [0.717, 1.165) is 13.0 Å². The zero-order valence-corrected chi connectivity index (χ0v) is 10.5. The van der Waals surface area contributed by atoms with Gasteiger partial charge < -0.3 is 11.1 Å². The number of nitrogens with two attached hydrogens (primary N) is 1. The maximum atomic E-state index is 12.2. The molecule has 2 bridgehead atoms. The smallest absolute Gasteiger partial charge is 0.225 e. The molecule has 94 valence electrons. The van der Waals surface area contributed by atoms with E-state index in [2.05, 4.69) is 24.4 Å². The van der Waals surface area contributed by atoms with Gasteiger partial charge in [-0.25, -0.2) is 0 Å². The Morgan fingerprint density at radius 2 is 2.12 bits per heavy atom. The standard InChI is InChI=1S/C14H22N2O/c1-14(5-2-6-14)8-16-13(17)11-9-3-4-10(7-9)12(11)15/h3-4,9-12H,2,5-8,15H2,1H3,(H,16,17)/t9-,10+,11+,12-/m1/s1. The third-order valence-electron chi connectivity index (χ3n) is 5.07. The summed E-state index contributed by atoms with van der Waals surface area (Å²) < 4.78 is 0. The summed E-state index contributed by atoms with van der Waals surface area (Å²) in [4.78, 5) is 12.2. The van der Waals surface area contributed by atoms with E-state index in [9.17, 15) is 4.79 Å². The summed E-state index contributed by atoms with van der Waals surface area (Å²) in [5.41, 5.74) is 6.49. The Kier molecular flexibility index (Phi) is 2.54. The van der Waals surface area contributed by atoms with E-state index in [1.165, 1.54) is 19.3 Å². The predicted molar refractivity (Wildman–Crippen MR) is 67.2 cm³/mol. The molecule has 0 spiro atoms. The monoisotopic (exact) mass is 234 g/mol. The van der Waals surface area contributed by atoms with Gasteiger partial charge in [0.2, 0.25) is 5.91 Å². The highest BCUT2D eigenvalue weighted by atomic mass is 16.1. The Hall–Kier alpha value is -0.830. The van der Waals surface area contributed by atoms with Gasteiger partial charge in [-0.05, 0) is 36.5 Å². The van der Waals surface area contributed by atoms with Crippen molar-refractivity contribution in [3.63, 3.8) is 0 Å². The lowest BCUT2D eigenvalue weighted by molar-refractivity contribution is -0.126. The summed E-state index contributed by atoms with van der Waals surface area (Å²) in [6.07, 6.45) is 9.25. The summed E-state index contributed by atoms with van der Waals surface area (Å²) in [6.45, 7) is 3.09. The van der Waals surface area contributed by atoms with Crippen LogP contribution in [0.2, 0.25) is 0 Å². The molecule has 0 heterocycles. The van der Waals surface area contributed by atoms with Gasteiger partial charge in [-0.2, -0.15) is 0 Å². The van der Waals surface area contributed by atoms with Crippen LogP contribution in [0.3, 0.4) is 0 Å². The number of carbonyl (C=O) groups is 1. The number of fused-ring (bicyclic) bond motifs is 2. The fraction of sp³-hybridized carbons (Fsp3) is 0.786. The molecule has 0 aromatic carbocycles. The lowest BCUT2D eigenvalue weighted by atomic mass is 9.70. The van der Waals surface area contributed by atoms with Crippen molar-refractivity contribution in [2.24, 2.45) is 28.9 Å². The highest BCUT2D eigenvalue weighted by Gasteiger charge is 2.46. The van der Waals surface area contributed by atoms with Crippen molar-refractivity contribution in [2.45, 2.75) is 38.6 Å². The van der Waals surface area contributed by atoms with Crippen molar-refractivity contribution in [3.05, 3.63) is 12.2 Å². The van der Waals surface area contributed by atoms with Crippen LogP contribution >= 0.6 is 0 Å². The molecule has 0 aliphatic heterocycles. The van der Waals surface area contributed by atoms with Gasteiger partial charge in [0.25, 0.3) is 0 Å². The third-order valence-corrected chi connectivity index (χ3v) is 5.07. The van der Waals surface area contributed by atoms with Gasteiger partial charge in [-0.1, -0.05) is 25.5 Å². The number of allylic oxidation sites excluding steroid dienone is 1. The van der Waals surface area contributed by atoms with E-state index in [1.807, 2.05) is 0 Å². The highest BCUT2D eigenvalue weighted by molar-refractivity contribution is 5.81. The summed E-state index contributed by atoms with van der Waals surface area (Å²) in [7, 11) is 0. The van der Waals surface area contributed by atoms with Gasteiger partial charge in [0.05, 0.1) is 5.92 Å². The molecule has 3 N–H and O–H groups in total. The molecular formula is C14H22N2O. The summed E-state index contributed by atoms with van der Waals surface area (Å²) in [5.74, 6) is 1.04. The van der Waals surface area contributed by atoms with Gasteiger partial charge in [0, 0.05) is 12.6 Å². The molecule has 2 fully saturated rings. The van der Waals surface area contributed by atoms with Crippen LogP contribution in [0.5, 0.6) is 0 Å². The maximum absolute atomic E-state index is 12.2. The highest BCUT2D eigenvalue weighted by Crippen LogP contribution is 2.43. The molecule has 0 aromatic rings. The van der Waals surface area contributed by atoms with E-state index < -0.39 is 0 Å². The molecule has 0 radical (unpaired) electrons. The first kappa shape index (κ1) is 11.3. The quantitative estimate of drug-likeness (QED) is 0.726. The second-order valence-electron chi connectivity index (χ2n) is 6.43. The second kappa shape index (κ2) is 3.84. The predicted octanol–water partition coefficient (Wildman–Crippen LogP) is 1.44. The van der Waals surface area contributed by atoms with Crippen molar-refractivity contribution >= 4 is 5.91 Å². The Morgan fingerprint density at radius 1 is 1.41 bits per heavy atom. The van der Waals surface area contributed by atoms with Gasteiger partial charge >= 0.3 is 0 Å². The van der Waals surface area contributed by atoms with Crippen LogP contribution in [0.1, 0.15) is 32.6 Å². The molecule has 3 aliphatic carbocycles. The fourth-order valence-electron chi connectivity index (χ4n) is 3.61. The Labute approximate surface area is 103 Å². The van der Waals surface area contributed by atoms with E-state index >= 15 is 0 Å². The van der Waals surface area contributed by atoms with E-state index in [4.69, 9.17) is 5.73 Å². The van der Waals surface area contributed by atoms with Crippen LogP contribution in [0.25, 0.3) is 0 Å². The largest absolute Gasteiger partial charge is 0.355 e. The molecule has 3 nitrogen and oxygen atoms in total. The van der Waals surface area contributed by atoms with Crippen molar-refractivity contribution < 1.29 is 4.79 Å². The molecule has 2 saturated carbocycles. The van der Waals surface area contributed by atoms with Crippen molar-refractivity contribution in [1.29, 1.82) is 0 Å². The van der Waals surface area contributed by atoms with Crippen molar-refractivity contribution in [1.82, 2.24) is 5.32 Å². The average Bonchev–Trinajstić information content (AvgIpc) is 2.83. The lowest BCUT2D eigenvalue weighted by Crippen LogP contribution is -2.47. The summed E-state index contributed by atoms with van der Waals surface area (Å²) in [5, 5.41) is 3.13. The molecule has 1 amide bonds. The molecular weight excluding hydrogens is 212 g/mol. The number of rotatable bonds is 3. The Morgan fingerprint density at radius 3 is 2.65 bits per heavy atom. The fourth-order valence-corrected chi connectivity index (χ4v) is 3.61. The molecule has 4 atom stereocenters. The number of nitrogens with one attached hydrogen (secondary N) is 1. The van der Waals surface area contributed by atoms with Gasteiger partial charge in [-0.3, -0.25) is 4.79 Å². The topological polar surface area (TPSA) is 55.1 Å². The van der Waals surface area contributed by atoms with E-state index in [0.29, 0.717) is 17.3 Å². The van der Waals surface area contributed by atoms with Crippen LogP contribution in [0.15, 0.2) is 12.2 Å². The van der Waals surface area contributed by atoms with Crippen LogP contribution in [0, 0.1) is 23.2 Å². The lowest BCUT2D eigenvalue weighted by Gasteiger charge is -2.39.